The van der Waals surface area contributed by atoms with Gasteiger partial charge in [-0.05, 0) is 43.4 Å². The van der Waals surface area contributed by atoms with E-state index in [0.29, 0.717) is 30.1 Å². The van der Waals surface area contributed by atoms with Crippen LogP contribution < -0.4 is 9.47 Å². The van der Waals surface area contributed by atoms with Crippen LogP contribution in [0, 0.1) is 0 Å². The molecular weight excluding hydrogens is 414 g/mol. The lowest BCUT2D eigenvalue weighted by molar-refractivity contribution is -0.129. The van der Waals surface area contributed by atoms with Crippen LogP contribution in [0.2, 0.25) is 0 Å². The first kappa shape index (κ1) is 20.7. The van der Waals surface area contributed by atoms with Gasteiger partial charge in [-0.25, -0.2) is 0 Å². The Morgan fingerprint density at radius 2 is 1.84 bits per heavy atom. The van der Waals surface area contributed by atoms with E-state index in [0.717, 1.165) is 61.6 Å². The summed E-state index contributed by atoms with van der Waals surface area (Å²) in [5, 5.41) is 8.91. The molecule has 166 valence electrons. The molecule has 1 saturated carbocycles. The number of ether oxygens (including phenoxy) is 2. The molecule has 1 unspecified atom stereocenters. The normalized spacial score (nSPS) is 21.8. The summed E-state index contributed by atoms with van der Waals surface area (Å²) in [7, 11) is 0. The summed E-state index contributed by atoms with van der Waals surface area (Å²) < 4.78 is 17.4. The molecule has 7 nitrogen and oxygen atoms in total. The number of hydrogen-bond acceptors (Lipinski definition) is 7. The minimum absolute atomic E-state index is 0.0748. The van der Waals surface area contributed by atoms with Crippen LogP contribution in [0.1, 0.15) is 74.8 Å². The predicted octanol–water partition coefficient (Wildman–Crippen LogP) is 4.73. The summed E-state index contributed by atoms with van der Waals surface area (Å²) in [5.41, 5.74) is 1.11. The molecule has 8 heteroatoms. The molecule has 1 aromatic carbocycles. The van der Waals surface area contributed by atoms with Gasteiger partial charge in [0, 0.05) is 18.9 Å². The van der Waals surface area contributed by atoms with Gasteiger partial charge in [0.2, 0.25) is 11.8 Å². The second-order valence-electron chi connectivity index (χ2n) is 8.53. The second-order valence-corrected chi connectivity index (χ2v) is 9.46. The molecule has 3 heterocycles. The van der Waals surface area contributed by atoms with Crippen molar-refractivity contribution in [2.24, 2.45) is 0 Å². The van der Waals surface area contributed by atoms with Crippen LogP contribution in [0.3, 0.4) is 0 Å². The number of nitrogens with zero attached hydrogens (tertiary/aromatic N) is 3. The molecular formula is C23H29N3O4S. The predicted molar refractivity (Wildman–Crippen MR) is 117 cm³/mol. The SMILES string of the molecule is O=C(CSc1nnc(C2CCCCC2)o1)N1CCCC1c1ccc2c(c1)OCCCO2. The molecule has 0 N–H and O–H groups in total. The van der Waals surface area contributed by atoms with E-state index >= 15 is 0 Å². The van der Waals surface area contributed by atoms with Crippen molar-refractivity contribution in [3.63, 3.8) is 0 Å². The highest BCUT2D eigenvalue weighted by molar-refractivity contribution is 7.99. The van der Waals surface area contributed by atoms with Gasteiger partial charge in [0.15, 0.2) is 11.5 Å². The lowest BCUT2D eigenvalue weighted by Gasteiger charge is -2.25. The third kappa shape index (κ3) is 4.68. The molecule has 1 aromatic heterocycles. The molecule has 1 saturated heterocycles. The Morgan fingerprint density at radius 1 is 1.00 bits per heavy atom. The average molecular weight is 444 g/mol. The Balaban J connectivity index is 1.21. The first-order chi connectivity index (χ1) is 15.3. The fraction of sp³-hybridized carbons (Fsp3) is 0.609. The van der Waals surface area contributed by atoms with Crippen LogP contribution in [0.25, 0.3) is 0 Å². The summed E-state index contributed by atoms with van der Waals surface area (Å²) in [5.74, 6) is 3.11. The smallest absolute Gasteiger partial charge is 0.277 e. The van der Waals surface area contributed by atoms with Gasteiger partial charge in [0.05, 0.1) is 25.0 Å². The number of thioether (sulfide) groups is 1. The van der Waals surface area contributed by atoms with E-state index in [9.17, 15) is 4.79 Å². The van der Waals surface area contributed by atoms with Crippen molar-refractivity contribution in [1.29, 1.82) is 0 Å². The van der Waals surface area contributed by atoms with Gasteiger partial charge < -0.3 is 18.8 Å². The van der Waals surface area contributed by atoms with Crippen LogP contribution >= 0.6 is 11.8 Å². The molecule has 3 aliphatic rings. The topological polar surface area (TPSA) is 77.7 Å². The highest BCUT2D eigenvalue weighted by atomic mass is 32.2. The molecule has 2 fully saturated rings. The molecule has 1 atom stereocenters. The van der Waals surface area contributed by atoms with Crippen molar-refractivity contribution in [2.75, 3.05) is 25.5 Å². The van der Waals surface area contributed by atoms with Crippen LogP contribution in [-0.2, 0) is 4.79 Å². The number of fused-ring (bicyclic) bond motifs is 1. The second kappa shape index (κ2) is 9.51. The van der Waals surface area contributed by atoms with Crippen molar-refractivity contribution in [1.82, 2.24) is 15.1 Å². The number of hydrogen-bond donors (Lipinski definition) is 0. The maximum atomic E-state index is 13.0. The van der Waals surface area contributed by atoms with Crippen molar-refractivity contribution in [2.45, 2.75) is 68.5 Å². The average Bonchev–Trinajstić information content (AvgIpc) is 3.43. The molecule has 1 aliphatic carbocycles. The van der Waals surface area contributed by atoms with E-state index in [2.05, 4.69) is 16.3 Å². The molecule has 2 aliphatic heterocycles. The number of benzene rings is 1. The van der Waals surface area contributed by atoms with E-state index in [-0.39, 0.29) is 11.9 Å². The van der Waals surface area contributed by atoms with Gasteiger partial charge in [0.1, 0.15) is 0 Å². The first-order valence-electron chi connectivity index (χ1n) is 11.4. The van der Waals surface area contributed by atoms with Crippen LogP contribution in [0.15, 0.2) is 27.8 Å². The Kier molecular flexibility index (Phi) is 6.34. The van der Waals surface area contributed by atoms with Crippen LogP contribution in [0.5, 0.6) is 11.5 Å². The summed E-state index contributed by atoms with van der Waals surface area (Å²) in [6.45, 7) is 2.11. The quantitative estimate of drug-likeness (QED) is 0.618. The number of likely N-dealkylation sites (tertiary alicyclic amines) is 1. The third-order valence-electron chi connectivity index (χ3n) is 6.43. The number of rotatable bonds is 5. The fourth-order valence-corrected chi connectivity index (χ4v) is 5.45. The number of amides is 1. The summed E-state index contributed by atoms with van der Waals surface area (Å²) >= 11 is 1.35. The van der Waals surface area contributed by atoms with Gasteiger partial charge >= 0.3 is 0 Å². The standard InChI is InChI=1S/C23H29N3O4S/c27-21(15-31-23-25-24-22(30-23)16-6-2-1-3-7-16)26-11-4-8-18(26)17-9-10-19-20(14-17)29-13-5-12-28-19/h9-10,14,16,18H,1-8,11-13,15H2. The van der Waals surface area contributed by atoms with Crippen molar-refractivity contribution in [3.05, 3.63) is 29.7 Å². The Labute approximate surface area is 186 Å². The molecule has 2 aromatic rings. The molecule has 0 spiro atoms. The van der Waals surface area contributed by atoms with Crippen LogP contribution in [0.4, 0.5) is 0 Å². The van der Waals surface area contributed by atoms with Crippen molar-refractivity contribution in [3.8, 4) is 11.5 Å². The third-order valence-corrected chi connectivity index (χ3v) is 7.23. The lowest BCUT2D eigenvalue weighted by Crippen LogP contribution is -2.32. The van der Waals surface area contributed by atoms with Crippen molar-refractivity contribution >= 4 is 17.7 Å². The zero-order valence-corrected chi connectivity index (χ0v) is 18.6. The zero-order valence-electron chi connectivity index (χ0n) is 17.8. The molecule has 0 radical (unpaired) electrons. The van der Waals surface area contributed by atoms with Gasteiger partial charge in [-0.3, -0.25) is 4.79 Å². The van der Waals surface area contributed by atoms with Gasteiger partial charge in [0.25, 0.3) is 5.22 Å². The Hall–Kier alpha value is -2.22. The van der Waals surface area contributed by atoms with Gasteiger partial charge in [-0.1, -0.05) is 37.1 Å². The zero-order chi connectivity index (χ0) is 21.0. The van der Waals surface area contributed by atoms with E-state index in [1.807, 2.05) is 17.0 Å². The summed E-state index contributed by atoms with van der Waals surface area (Å²) in [6, 6.07) is 6.15. The molecule has 0 bridgehead atoms. The minimum atomic E-state index is 0.0748. The summed E-state index contributed by atoms with van der Waals surface area (Å²) in [6.07, 6.45) is 8.83. The maximum Gasteiger partial charge on any atom is 0.277 e. The van der Waals surface area contributed by atoms with Gasteiger partial charge in [-0.2, -0.15) is 0 Å². The molecule has 1 amide bonds. The van der Waals surface area contributed by atoms with Crippen molar-refractivity contribution < 1.29 is 18.7 Å². The molecule has 5 rings (SSSR count). The highest BCUT2D eigenvalue weighted by Gasteiger charge is 2.31. The fourth-order valence-electron chi connectivity index (χ4n) is 4.80. The maximum absolute atomic E-state index is 13.0. The lowest BCUT2D eigenvalue weighted by atomic mass is 9.89. The van der Waals surface area contributed by atoms with Gasteiger partial charge in [-0.15, -0.1) is 10.2 Å². The van der Waals surface area contributed by atoms with E-state index in [1.54, 1.807) is 0 Å². The first-order valence-corrected chi connectivity index (χ1v) is 12.4. The monoisotopic (exact) mass is 443 g/mol. The minimum Gasteiger partial charge on any atom is -0.490 e. The Morgan fingerprint density at radius 3 is 2.71 bits per heavy atom. The van der Waals surface area contributed by atoms with E-state index in [4.69, 9.17) is 13.9 Å². The number of carbonyl (C=O) groups excluding carboxylic acids is 1. The summed E-state index contributed by atoms with van der Waals surface area (Å²) in [4.78, 5) is 15.0. The number of carbonyl (C=O) groups is 1. The Bertz CT molecular complexity index is 912. The number of aromatic nitrogens is 2. The molecule has 31 heavy (non-hydrogen) atoms. The largest absolute Gasteiger partial charge is 0.490 e. The van der Waals surface area contributed by atoms with E-state index < -0.39 is 0 Å². The highest BCUT2D eigenvalue weighted by Crippen LogP contribution is 2.38. The van der Waals surface area contributed by atoms with Crippen LogP contribution in [-0.4, -0.2) is 46.5 Å². The van der Waals surface area contributed by atoms with E-state index in [1.165, 1.54) is 31.0 Å².